The van der Waals surface area contributed by atoms with Crippen molar-refractivity contribution in [2.45, 2.75) is 28.5 Å². The Kier molecular flexibility index (Phi) is 12.6. The molecule has 2 heterocycles. The lowest BCUT2D eigenvalue weighted by Gasteiger charge is -2.08. The number of aromatic nitrogens is 4. The van der Waals surface area contributed by atoms with Crippen molar-refractivity contribution in [1.82, 2.24) is 24.7 Å². The van der Waals surface area contributed by atoms with Crippen LogP contribution in [-0.4, -0.2) is 51.2 Å². The molecule has 0 unspecified atom stereocenters. The van der Waals surface area contributed by atoms with E-state index in [1.54, 1.807) is 30.7 Å². The third-order valence-corrected chi connectivity index (χ3v) is 9.86. The molecule has 0 spiro atoms. The number of anilines is 5. The number of benzene rings is 3. The number of nitrogens with zero attached hydrogens (tertiary/aromatic N) is 4. The molecule has 5 aromatic rings. The lowest BCUT2D eigenvalue weighted by Crippen LogP contribution is -2.34. The minimum atomic E-state index is -3.86. The minimum Gasteiger partial charge on any atom is -0.399 e. The first-order chi connectivity index (χ1) is 23.4. The molecule has 3 aromatic carbocycles. The van der Waals surface area contributed by atoms with E-state index in [0.717, 1.165) is 0 Å². The molecule has 21 heteroatoms. The van der Waals surface area contributed by atoms with E-state index in [1.165, 1.54) is 85.2 Å². The molecule has 0 aliphatic carbocycles. The number of amides is 2. The summed E-state index contributed by atoms with van der Waals surface area (Å²) in [6.07, 6.45) is 2.90. The van der Waals surface area contributed by atoms with E-state index in [-0.39, 0.29) is 26.6 Å². The molecule has 0 radical (unpaired) electrons. The summed E-state index contributed by atoms with van der Waals surface area (Å²) in [5.41, 5.74) is 23.9. The number of hydrogen-bond donors (Lipinski definition) is 7. The number of rotatable bonds is 8. The molecule has 50 heavy (non-hydrogen) atoms. The maximum Gasteiger partial charge on any atom is 0.326 e. The van der Waals surface area contributed by atoms with Gasteiger partial charge in [-0.2, -0.15) is 0 Å². The third kappa shape index (κ3) is 11.9. The molecule has 0 atom stereocenters. The Morgan fingerprint density at radius 3 is 1.26 bits per heavy atom. The Hall–Kier alpha value is -6.06. The molecular weight excluding hydrogens is 711 g/mol. The highest BCUT2D eigenvalue weighted by Gasteiger charge is 2.17. The first-order valence-corrected chi connectivity index (χ1v) is 18.3. The lowest BCUT2D eigenvalue weighted by molar-refractivity contribution is 0.253. The number of sulfonamides is 3. The van der Waals surface area contributed by atoms with Gasteiger partial charge >= 0.3 is 6.03 Å². The zero-order valence-corrected chi connectivity index (χ0v) is 28.9. The summed E-state index contributed by atoms with van der Waals surface area (Å²) in [6, 6.07) is 19.4. The molecule has 0 fully saturated rings. The summed E-state index contributed by atoms with van der Waals surface area (Å²) in [5, 5.41) is 0. The van der Waals surface area contributed by atoms with Crippen molar-refractivity contribution in [2.24, 2.45) is 5.73 Å². The number of nitrogens with one attached hydrogen (secondary N) is 3. The summed E-state index contributed by atoms with van der Waals surface area (Å²) in [5.74, 6) is 0.0960. The molecule has 0 saturated carbocycles. The zero-order valence-electron chi connectivity index (χ0n) is 26.4. The highest BCUT2D eigenvalue weighted by atomic mass is 32.2. The van der Waals surface area contributed by atoms with Crippen LogP contribution in [0.1, 0.15) is 11.4 Å². The SMILES string of the molecule is Cc1cc(C)nc(NS(=O)(=O)c2ccc(N)cc2)n1.NC(=O)NS(=O)(=O)c1ccc(N)cc1.Nc1ccc(S(=O)(=O)Nc2ncccn2)cc1. The molecule has 0 saturated heterocycles. The van der Waals surface area contributed by atoms with E-state index in [4.69, 9.17) is 22.9 Å². The average Bonchev–Trinajstić information content (AvgIpc) is 3.01. The predicted molar refractivity (Wildman–Crippen MR) is 188 cm³/mol. The summed E-state index contributed by atoms with van der Waals surface area (Å²) in [7, 11) is -11.2. The molecular formula is C29H33N11O7S3. The number of urea groups is 1. The molecule has 5 rings (SSSR count). The standard InChI is InChI=1S/C12H14N4O2S.C10H10N4O2S.C7H9N3O3S/c1-8-7-9(2)15-12(14-8)16-19(17,18)11-5-3-10(13)4-6-11;11-8-2-4-9(5-3-8)17(15,16)14-10-12-6-1-7-13-10;8-5-1-3-6(4-2-5)14(12,13)10-7(9)11/h3-7H,13H2,1-2H3,(H,14,15,16);1-7H,11H2,(H,12,13,14);1-4H,8H2,(H3,9,10,11). The molecule has 11 N–H and O–H groups in total. The van der Waals surface area contributed by atoms with E-state index in [0.29, 0.717) is 28.5 Å². The summed E-state index contributed by atoms with van der Waals surface area (Å²) >= 11 is 0. The Bertz CT molecular complexity index is 2220. The Balaban J connectivity index is 0.000000205. The number of carbonyl (C=O) groups excluding carboxylic acids is 1. The summed E-state index contributed by atoms with van der Waals surface area (Å²) in [6.45, 7) is 3.55. The van der Waals surface area contributed by atoms with Crippen LogP contribution in [0, 0.1) is 13.8 Å². The van der Waals surface area contributed by atoms with E-state index in [1.807, 2.05) is 0 Å². The molecule has 264 valence electrons. The topological polar surface area (TPSA) is 311 Å². The van der Waals surface area contributed by atoms with E-state index >= 15 is 0 Å². The first-order valence-electron chi connectivity index (χ1n) is 13.9. The normalized spacial score (nSPS) is 11.1. The Labute approximate surface area is 288 Å². The van der Waals surface area contributed by atoms with Gasteiger partial charge in [-0.05, 0) is 98.8 Å². The highest BCUT2D eigenvalue weighted by molar-refractivity contribution is 7.93. The van der Waals surface area contributed by atoms with Crippen LogP contribution in [0.25, 0.3) is 0 Å². The fraction of sp³-hybridized carbons (Fsp3) is 0.0690. The van der Waals surface area contributed by atoms with E-state index < -0.39 is 36.1 Å². The maximum absolute atomic E-state index is 12.1. The van der Waals surface area contributed by atoms with Crippen molar-refractivity contribution in [3.8, 4) is 0 Å². The third-order valence-electron chi connectivity index (χ3n) is 5.81. The van der Waals surface area contributed by atoms with Crippen LogP contribution < -0.4 is 37.1 Å². The number of nitrogen functional groups attached to an aromatic ring is 3. The monoisotopic (exact) mass is 743 g/mol. The van der Waals surface area contributed by atoms with Gasteiger partial charge in [0.2, 0.25) is 11.9 Å². The zero-order chi connectivity index (χ0) is 37.1. The van der Waals surface area contributed by atoms with Crippen molar-refractivity contribution in [3.05, 3.63) is 109 Å². The number of aryl methyl sites for hydroxylation is 2. The highest BCUT2D eigenvalue weighted by Crippen LogP contribution is 2.16. The van der Waals surface area contributed by atoms with Gasteiger partial charge in [-0.1, -0.05) is 0 Å². The van der Waals surface area contributed by atoms with Gasteiger partial charge in [-0.25, -0.2) is 64.2 Å². The van der Waals surface area contributed by atoms with Crippen LogP contribution in [0.15, 0.2) is 112 Å². The number of primary amides is 1. The van der Waals surface area contributed by atoms with Gasteiger partial charge in [0.1, 0.15) is 0 Å². The van der Waals surface area contributed by atoms with Crippen LogP contribution in [0.3, 0.4) is 0 Å². The summed E-state index contributed by atoms with van der Waals surface area (Å²) in [4.78, 5) is 26.2. The van der Waals surface area contributed by atoms with Crippen LogP contribution in [0.2, 0.25) is 0 Å². The van der Waals surface area contributed by atoms with Crippen molar-refractivity contribution in [1.29, 1.82) is 0 Å². The summed E-state index contributed by atoms with van der Waals surface area (Å²) < 4.78 is 76.8. The molecule has 18 nitrogen and oxygen atoms in total. The quantitative estimate of drug-likeness (QED) is 0.112. The molecule has 2 aromatic heterocycles. The van der Waals surface area contributed by atoms with Gasteiger partial charge in [-0.3, -0.25) is 0 Å². The van der Waals surface area contributed by atoms with E-state index in [9.17, 15) is 30.0 Å². The van der Waals surface area contributed by atoms with Crippen LogP contribution in [0.5, 0.6) is 0 Å². The van der Waals surface area contributed by atoms with Crippen molar-refractivity contribution < 1.29 is 30.0 Å². The Morgan fingerprint density at radius 1 is 0.560 bits per heavy atom. The van der Waals surface area contributed by atoms with Crippen LogP contribution in [0.4, 0.5) is 33.8 Å². The van der Waals surface area contributed by atoms with E-state index in [2.05, 4.69) is 29.4 Å². The maximum atomic E-state index is 12.1. The van der Waals surface area contributed by atoms with Gasteiger partial charge < -0.3 is 22.9 Å². The minimum absolute atomic E-state index is 0.0318. The number of hydrogen-bond acceptors (Lipinski definition) is 14. The van der Waals surface area contributed by atoms with Gasteiger partial charge in [-0.15, -0.1) is 0 Å². The largest absolute Gasteiger partial charge is 0.399 e. The van der Waals surface area contributed by atoms with Gasteiger partial charge in [0.25, 0.3) is 30.1 Å². The lowest BCUT2D eigenvalue weighted by atomic mass is 10.3. The number of carbonyl (C=O) groups is 1. The van der Waals surface area contributed by atoms with Crippen molar-refractivity contribution in [3.63, 3.8) is 0 Å². The number of nitrogens with two attached hydrogens (primary N) is 4. The predicted octanol–water partition coefficient (Wildman–Crippen LogP) is 1.96. The van der Waals surface area contributed by atoms with Crippen LogP contribution >= 0.6 is 0 Å². The average molecular weight is 744 g/mol. The second kappa shape index (κ2) is 16.4. The van der Waals surface area contributed by atoms with Gasteiger partial charge in [0.05, 0.1) is 14.7 Å². The first kappa shape index (κ1) is 38.4. The van der Waals surface area contributed by atoms with Gasteiger partial charge in [0, 0.05) is 40.8 Å². The fourth-order valence-corrected chi connectivity index (χ4v) is 6.39. The smallest absolute Gasteiger partial charge is 0.326 e. The fourth-order valence-electron chi connectivity index (χ4n) is 3.61. The second-order valence-corrected chi connectivity index (χ2v) is 15.0. The van der Waals surface area contributed by atoms with Gasteiger partial charge in [0.15, 0.2) is 0 Å². The molecule has 0 aliphatic rings. The second-order valence-electron chi connectivity index (χ2n) is 9.93. The van der Waals surface area contributed by atoms with Crippen molar-refractivity contribution >= 4 is 65.1 Å². The molecule has 2 amide bonds. The van der Waals surface area contributed by atoms with Crippen LogP contribution in [-0.2, 0) is 30.1 Å². The molecule has 0 aliphatic heterocycles. The van der Waals surface area contributed by atoms with Crippen molar-refractivity contribution in [2.75, 3.05) is 26.6 Å². The molecule has 0 bridgehead atoms. The Morgan fingerprint density at radius 2 is 0.900 bits per heavy atom.